The van der Waals surface area contributed by atoms with Crippen LogP contribution in [-0.2, 0) is 19.1 Å². The van der Waals surface area contributed by atoms with Crippen molar-refractivity contribution in [1.29, 1.82) is 0 Å². The first-order valence-electron chi connectivity index (χ1n) is 9.42. The molecule has 1 fully saturated rings. The third-order valence-electron chi connectivity index (χ3n) is 4.88. The summed E-state index contributed by atoms with van der Waals surface area (Å²) in [5.74, 6) is -1.67. The van der Waals surface area contributed by atoms with Crippen molar-refractivity contribution >= 4 is 35.1 Å². The number of carbonyl (C=O) groups excluding carboxylic acids is 3. The molecule has 0 aromatic heterocycles. The first-order chi connectivity index (χ1) is 13.8. The van der Waals surface area contributed by atoms with Gasteiger partial charge in [-0.05, 0) is 43.7 Å². The molecule has 152 valence electrons. The number of hydrogen-bond donors (Lipinski definition) is 1. The fourth-order valence-electron chi connectivity index (χ4n) is 3.24. The van der Waals surface area contributed by atoms with E-state index in [4.69, 9.17) is 16.3 Å². The normalized spacial score (nSPS) is 17.1. The molecule has 6 nitrogen and oxygen atoms in total. The Morgan fingerprint density at radius 3 is 2.66 bits per heavy atom. The maximum absolute atomic E-state index is 12.3. The SMILES string of the molecule is Cc1ccc(N2C[C@H](C(=O)OCC(=O)N[C@H](C)c3cccc(Cl)c3)CC2=O)cc1. The number of aryl methyl sites for hydroxylation is 1. The Morgan fingerprint density at radius 2 is 1.97 bits per heavy atom. The number of halogens is 1. The number of ether oxygens (including phenoxy) is 1. The standard InChI is InChI=1S/C22H23ClN2O4/c1-14-6-8-19(9-7-14)25-12-17(11-21(25)27)22(28)29-13-20(26)24-15(2)16-4-3-5-18(23)10-16/h3-10,15,17H,11-13H2,1-2H3,(H,24,26)/t15-,17-/m1/s1. The summed E-state index contributed by atoms with van der Waals surface area (Å²) in [5, 5.41) is 3.35. The maximum Gasteiger partial charge on any atom is 0.311 e. The Balaban J connectivity index is 1.49. The highest BCUT2D eigenvalue weighted by atomic mass is 35.5. The molecular weight excluding hydrogens is 392 g/mol. The quantitative estimate of drug-likeness (QED) is 0.735. The van der Waals surface area contributed by atoms with Gasteiger partial charge in [0, 0.05) is 23.7 Å². The largest absolute Gasteiger partial charge is 0.455 e. The summed E-state index contributed by atoms with van der Waals surface area (Å²) >= 11 is 5.96. The highest BCUT2D eigenvalue weighted by molar-refractivity contribution is 6.30. The average Bonchev–Trinajstić information content (AvgIpc) is 3.08. The van der Waals surface area contributed by atoms with Crippen molar-refractivity contribution in [2.45, 2.75) is 26.3 Å². The van der Waals surface area contributed by atoms with Gasteiger partial charge in [0.1, 0.15) is 0 Å². The monoisotopic (exact) mass is 414 g/mol. The first kappa shape index (κ1) is 20.9. The molecule has 2 aromatic rings. The van der Waals surface area contributed by atoms with Crippen molar-refractivity contribution < 1.29 is 19.1 Å². The molecule has 0 aliphatic carbocycles. The van der Waals surface area contributed by atoms with Crippen molar-refractivity contribution in [3.05, 3.63) is 64.7 Å². The summed E-state index contributed by atoms with van der Waals surface area (Å²) < 4.78 is 5.14. The number of rotatable bonds is 6. The highest BCUT2D eigenvalue weighted by Gasteiger charge is 2.36. The number of benzene rings is 2. The van der Waals surface area contributed by atoms with Crippen LogP contribution in [0.25, 0.3) is 0 Å². The predicted octanol–water partition coefficient (Wildman–Crippen LogP) is 3.42. The molecule has 0 unspecified atom stereocenters. The van der Waals surface area contributed by atoms with Crippen LogP contribution >= 0.6 is 11.6 Å². The third-order valence-corrected chi connectivity index (χ3v) is 5.11. The van der Waals surface area contributed by atoms with Gasteiger partial charge in [-0.1, -0.05) is 41.4 Å². The van der Waals surface area contributed by atoms with E-state index in [1.165, 1.54) is 0 Å². The van der Waals surface area contributed by atoms with E-state index in [2.05, 4.69) is 5.32 Å². The topological polar surface area (TPSA) is 75.7 Å². The maximum atomic E-state index is 12.3. The van der Waals surface area contributed by atoms with E-state index < -0.39 is 17.8 Å². The van der Waals surface area contributed by atoms with Crippen molar-refractivity contribution in [2.24, 2.45) is 5.92 Å². The zero-order valence-corrected chi connectivity index (χ0v) is 17.1. The van der Waals surface area contributed by atoms with Gasteiger partial charge in [0.05, 0.1) is 12.0 Å². The fourth-order valence-corrected chi connectivity index (χ4v) is 3.44. The molecule has 1 heterocycles. The number of anilines is 1. The number of hydrogen-bond acceptors (Lipinski definition) is 4. The molecule has 1 N–H and O–H groups in total. The second-order valence-electron chi connectivity index (χ2n) is 7.19. The molecule has 2 aromatic carbocycles. The van der Waals surface area contributed by atoms with Crippen LogP contribution in [0.4, 0.5) is 5.69 Å². The minimum absolute atomic E-state index is 0.0766. The molecule has 1 aliphatic heterocycles. The predicted molar refractivity (Wildman–Crippen MR) is 111 cm³/mol. The van der Waals surface area contributed by atoms with Crippen LogP contribution < -0.4 is 10.2 Å². The van der Waals surface area contributed by atoms with E-state index in [-0.39, 0.29) is 31.5 Å². The molecule has 0 spiro atoms. The van der Waals surface area contributed by atoms with Gasteiger partial charge in [-0.2, -0.15) is 0 Å². The molecule has 3 rings (SSSR count). The lowest BCUT2D eigenvalue weighted by atomic mass is 10.1. The fraction of sp³-hybridized carbons (Fsp3) is 0.318. The Labute approximate surface area is 174 Å². The van der Waals surface area contributed by atoms with Crippen LogP contribution in [-0.4, -0.2) is 30.9 Å². The van der Waals surface area contributed by atoms with Crippen molar-refractivity contribution in [2.75, 3.05) is 18.1 Å². The summed E-state index contributed by atoms with van der Waals surface area (Å²) in [5.41, 5.74) is 2.70. The zero-order chi connectivity index (χ0) is 21.0. The van der Waals surface area contributed by atoms with Crippen molar-refractivity contribution in [3.8, 4) is 0 Å². The Hall–Kier alpha value is -2.86. The smallest absolute Gasteiger partial charge is 0.311 e. The van der Waals surface area contributed by atoms with E-state index >= 15 is 0 Å². The molecule has 7 heteroatoms. The van der Waals surface area contributed by atoms with Gasteiger partial charge < -0.3 is 15.0 Å². The number of nitrogens with one attached hydrogen (secondary N) is 1. The Morgan fingerprint density at radius 1 is 1.24 bits per heavy atom. The number of carbonyl (C=O) groups is 3. The minimum Gasteiger partial charge on any atom is -0.455 e. The van der Waals surface area contributed by atoms with Gasteiger partial charge >= 0.3 is 5.97 Å². The van der Waals surface area contributed by atoms with E-state index in [9.17, 15) is 14.4 Å². The summed E-state index contributed by atoms with van der Waals surface area (Å²) in [4.78, 5) is 38.3. The van der Waals surface area contributed by atoms with Gasteiger partial charge in [0.25, 0.3) is 5.91 Å². The van der Waals surface area contributed by atoms with Crippen LogP contribution in [0.1, 0.15) is 30.5 Å². The molecule has 2 amide bonds. The van der Waals surface area contributed by atoms with Gasteiger partial charge in [-0.15, -0.1) is 0 Å². The van der Waals surface area contributed by atoms with Crippen LogP contribution in [0.5, 0.6) is 0 Å². The lowest BCUT2D eigenvalue weighted by Crippen LogP contribution is -2.32. The van der Waals surface area contributed by atoms with Gasteiger partial charge in [0.15, 0.2) is 6.61 Å². The molecule has 2 atom stereocenters. The van der Waals surface area contributed by atoms with Gasteiger partial charge in [0.2, 0.25) is 5.91 Å². The lowest BCUT2D eigenvalue weighted by Gasteiger charge is -2.17. The van der Waals surface area contributed by atoms with Crippen molar-refractivity contribution in [3.63, 3.8) is 0 Å². The summed E-state index contributed by atoms with van der Waals surface area (Å²) in [6, 6.07) is 14.4. The Kier molecular flexibility index (Phi) is 6.54. The summed E-state index contributed by atoms with van der Waals surface area (Å²) in [7, 11) is 0. The zero-order valence-electron chi connectivity index (χ0n) is 16.4. The van der Waals surface area contributed by atoms with E-state index in [0.29, 0.717) is 5.02 Å². The molecule has 0 bridgehead atoms. The lowest BCUT2D eigenvalue weighted by molar-refractivity contribution is -0.152. The first-order valence-corrected chi connectivity index (χ1v) is 9.80. The van der Waals surface area contributed by atoms with E-state index in [1.807, 2.05) is 44.2 Å². The van der Waals surface area contributed by atoms with E-state index in [0.717, 1.165) is 16.8 Å². The van der Waals surface area contributed by atoms with Crippen LogP contribution in [0.2, 0.25) is 5.02 Å². The second-order valence-corrected chi connectivity index (χ2v) is 7.63. The second kappa shape index (κ2) is 9.09. The highest BCUT2D eigenvalue weighted by Crippen LogP contribution is 2.26. The molecule has 0 radical (unpaired) electrons. The minimum atomic E-state index is -0.582. The molecule has 1 saturated heterocycles. The molecule has 0 saturated carbocycles. The molecule has 1 aliphatic rings. The van der Waals surface area contributed by atoms with E-state index in [1.54, 1.807) is 23.1 Å². The summed E-state index contributed by atoms with van der Waals surface area (Å²) in [6.07, 6.45) is 0.0766. The van der Waals surface area contributed by atoms with Crippen LogP contribution in [0.15, 0.2) is 48.5 Å². The number of amides is 2. The molecule has 29 heavy (non-hydrogen) atoms. The average molecular weight is 415 g/mol. The van der Waals surface area contributed by atoms with Gasteiger partial charge in [-0.3, -0.25) is 14.4 Å². The summed E-state index contributed by atoms with van der Waals surface area (Å²) in [6.45, 7) is 3.65. The van der Waals surface area contributed by atoms with Gasteiger partial charge in [-0.25, -0.2) is 0 Å². The van der Waals surface area contributed by atoms with Crippen molar-refractivity contribution in [1.82, 2.24) is 5.32 Å². The Bertz CT molecular complexity index is 913. The van der Waals surface area contributed by atoms with Crippen LogP contribution in [0, 0.1) is 12.8 Å². The number of nitrogens with zero attached hydrogens (tertiary/aromatic N) is 1. The third kappa shape index (κ3) is 5.35. The van der Waals surface area contributed by atoms with Crippen LogP contribution in [0.3, 0.4) is 0 Å². The molecular formula is C22H23ClN2O4. The number of esters is 1.